The van der Waals surface area contributed by atoms with Gasteiger partial charge in [0.1, 0.15) is 5.60 Å². The fourth-order valence-electron chi connectivity index (χ4n) is 5.21. The van der Waals surface area contributed by atoms with Gasteiger partial charge in [-0.3, -0.25) is 4.79 Å². The van der Waals surface area contributed by atoms with Gasteiger partial charge in [0.2, 0.25) is 0 Å². The lowest BCUT2D eigenvalue weighted by atomic mass is 9.47. The molecule has 4 rings (SSSR count). The van der Waals surface area contributed by atoms with Gasteiger partial charge in [0.25, 0.3) is 0 Å². The Morgan fingerprint density at radius 3 is 2.35 bits per heavy atom. The number of esters is 1. The summed E-state index contributed by atoms with van der Waals surface area (Å²) in [7, 11) is 0. The molecule has 4 aliphatic carbocycles. The van der Waals surface area contributed by atoms with E-state index >= 15 is 0 Å². The third-order valence-electron chi connectivity index (χ3n) is 5.50. The Morgan fingerprint density at radius 2 is 1.82 bits per heavy atom. The SMILES string of the molecule is CCC(=O)OC12CC3CC(CC(CC)(C3)C1)C2. The van der Waals surface area contributed by atoms with Gasteiger partial charge >= 0.3 is 5.97 Å². The van der Waals surface area contributed by atoms with Gasteiger partial charge in [0.15, 0.2) is 0 Å². The smallest absolute Gasteiger partial charge is 0.306 e. The van der Waals surface area contributed by atoms with Gasteiger partial charge in [-0.1, -0.05) is 20.3 Å². The van der Waals surface area contributed by atoms with Crippen molar-refractivity contribution >= 4 is 5.97 Å². The Kier molecular flexibility index (Phi) is 2.53. The maximum atomic E-state index is 11.7. The number of rotatable bonds is 3. The van der Waals surface area contributed by atoms with E-state index < -0.39 is 0 Å². The summed E-state index contributed by atoms with van der Waals surface area (Å²) in [5, 5.41) is 0. The summed E-state index contributed by atoms with van der Waals surface area (Å²) in [5.41, 5.74) is 0.450. The molecule has 0 heterocycles. The molecule has 4 bridgehead atoms. The van der Waals surface area contributed by atoms with Crippen LogP contribution in [-0.4, -0.2) is 11.6 Å². The van der Waals surface area contributed by atoms with Crippen molar-refractivity contribution in [1.29, 1.82) is 0 Å². The fraction of sp³-hybridized carbons (Fsp3) is 0.933. The highest BCUT2D eigenvalue weighted by atomic mass is 16.6. The first-order valence-electron chi connectivity index (χ1n) is 7.30. The predicted molar refractivity (Wildman–Crippen MR) is 66.5 cm³/mol. The van der Waals surface area contributed by atoms with Crippen LogP contribution >= 0.6 is 0 Å². The average molecular weight is 236 g/mol. The van der Waals surface area contributed by atoms with Crippen LogP contribution in [0, 0.1) is 17.3 Å². The highest BCUT2D eigenvalue weighted by Gasteiger charge is 2.58. The molecule has 0 radical (unpaired) electrons. The molecule has 0 aromatic rings. The van der Waals surface area contributed by atoms with Crippen molar-refractivity contribution in [2.45, 2.75) is 70.8 Å². The van der Waals surface area contributed by atoms with E-state index in [1.165, 1.54) is 25.7 Å². The van der Waals surface area contributed by atoms with Gasteiger partial charge in [-0.15, -0.1) is 0 Å². The lowest BCUT2D eigenvalue weighted by Gasteiger charge is -2.61. The van der Waals surface area contributed by atoms with Crippen molar-refractivity contribution in [3.8, 4) is 0 Å². The normalized spacial score (nSPS) is 47.2. The quantitative estimate of drug-likeness (QED) is 0.699. The summed E-state index contributed by atoms with van der Waals surface area (Å²) in [6.45, 7) is 4.22. The van der Waals surface area contributed by atoms with Crippen LogP contribution in [0.2, 0.25) is 0 Å². The van der Waals surface area contributed by atoms with E-state index in [9.17, 15) is 4.79 Å². The molecule has 4 saturated carbocycles. The van der Waals surface area contributed by atoms with Gasteiger partial charge in [-0.25, -0.2) is 0 Å². The number of carbonyl (C=O) groups excluding carboxylic acids is 1. The molecular formula is C15H24O2. The van der Waals surface area contributed by atoms with Crippen molar-refractivity contribution in [2.75, 3.05) is 0 Å². The van der Waals surface area contributed by atoms with Crippen LogP contribution in [0.1, 0.15) is 65.2 Å². The molecule has 0 saturated heterocycles. The zero-order valence-corrected chi connectivity index (χ0v) is 11.1. The molecule has 0 aliphatic heterocycles. The molecule has 4 aliphatic rings. The summed E-state index contributed by atoms with van der Waals surface area (Å²) in [6.07, 6.45) is 9.43. The van der Waals surface area contributed by atoms with Crippen molar-refractivity contribution in [2.24, 2.45) is 17.3 Å². The van der Waals surface area contributed by atoms with Gasteiger partial charge in [0, 0.05) is 6.42 Å². The fourth-order valence-corrected chi connectivity index (χ4v) is 5.21. The highest BCUT2D eigenvalue weighted by molar-refractivity contribution is 5.69. The van der Waals surface area contributed by atoms with E-state index in [1.807, 2.05) is 6.92 Å². The van der Waals surface area contributed by atoms with Crippen LogP contribution in [-0.2, 0) is 9.53 Å². The Labute approximate surface area is 104 Å². The minimum Gasteiger partial charge on any atom is -0.459 e. The monoisotopic (exact) mass is 236 g/mol. The second-order valence-corrected chi connectivity index (χ2v) is 6.83. The minimum absolute atomic E-state index is 0.0122. The molecule has 2 heteroatoms. The third-order valence-corrected chi connectivity index (χ3v) is 5.50. The van der Waals surface area contributed by atoms with Crippen LogP contribution in [0.15, 0.2) is 0 Å². The summed E-state index contributed by atoms with van der Waals surface area (Å²) in [5.74, 6) is 1.68. The van der Waals surface area contributed by atoms with Crippen LogP contribution in [0.5, 0.6) is 0 Å². The molecule has 2 atom stereocenters. The number of hydrogen-bond acceptors (Lipinski definition) is 2. The molecule has 0 aromatic carbocycles. The van der Waals surface area contributed by atoms with Crippen molar-refractivity contribution in [1.82, 2.24) is 0 Å². The lowest BCUT2D eigenvalue weighted by molar-refractivity contribution is -0.201. The first-order valence-corrected chi connectivity index (χ1v) is 7.30. The van der Waals surface area contributed by atoms with Crippen LogP contribution in [0.25, 0.3) is 0 Å². The van der Waals surface area contributed by atoms with Crippen molar-refractivity contribution < 1.29 is 9.53 Å². The van der Waals surface area contributed by atoms with E-state index in [-0.39, 0.29) is 11.6 Å². The molecule has 0 amide bonds. The van der Waals surface area contributed by atoms with E-state index in [0.717, 1.165) is 31.1 Å². The predicted octanol–water partition coefficient (Wildman–Crippen LogP) is 3.69. The topological polar surface area (TPSA) is 26.3 Å². The zero-order valence-electron chi connectivity index (χ0n) is 11.1. The second-order valence-electron chi connectivity index (χ2n) is 6.83. The summed E-state index contributed by atoms with van der Waals surface area (Å²) in [6, 6.07) is 0. The molecule has 0 N–H and O–H groups in total. The van der Waals surface area contributed by atoms with E-state index in [4.69, 9.17) is 4.74 Å². The summed E-state index contributed by atoms with van der Waals surface area (Å²) < 4.78 is 5.89. The van der Waals surface area contributed by atoms with Crippen LogP contribution in [0.4, 0.5) is 0 Å². The van der Waals surface area contributed by atoms with E-state index in [1.54, 1.807) is 0 Å². The highest BCUT2D eigenvalue weighted by Crippen LogP contribution is 2.63. The van der Waals surface area contributed by atoms with Crippen molar-refractivity contribution in [3.63, 3.8) is 0 Å². The van der Waals surface area contributed by atoms with E-state index in [2.05, 4.69) is 6.92 Å². The van der Waals surface area contributed by atoms with Gasteiger partial charge < -0.3 is 4.74 Å². The average Bonchev–Trinajstić information content (AvgIpc) is 2.26. The molecule has 4 fully saturated rings. The Bertz CT molecular complexity index is 320. The number of hydrogen-bond donors (Lipinski definition) is 0. The van der Waals surface area contributed by atoms with E-state index in [0.29, 0.717) is 11.8 Å². The molecular weight excluding hydrogens is 212 g/mol. The maximum Gasteiger partial charge on any atom is 0.306 e. The maximum absolute atomic E-state index is 11.7. The van der Waals surface area contributed by atoms with Crippen LogP contribution in [0.3, 0.4) is 0 Å². The van der Waals surface area contributed by atoms with Crippen LogP contribution < -0.4 is 0 Å². The largest absolute Gasteiger partial charge is 0.459 e. The molecule has 2 unspecified atom stereocenters. The second kappa shape index (κ2) is 3.73. The Hall–Kier alpha value is -0.530. The molecule has 0 spiro atoms. The Morgan fingerprint density at radius 1 is 1.18 bits per heavy atom. The molecule has 2 nitrogen and oxygen atoms in total. The lowest BCUT2D eigenvalue weighted by Crippen LogP contribution is -2.57. The molecule has 0 aromatic heterocycles. The Balaban J connectivity index is 1.84. The summed E-state index contributed by atoms with van der Waals surface area (Å²) >= 11 is 0. The van der Waals surface area contributed by atoms with Crippen molar-refractivity contribution in [3.05, 3.63) is 0 Å². The minimum atomic E-state index is -0.0623. The molecule has 17 heavy (non-hydrogen) atoms. The first-order chi connectivity index (χ1) is 8.09. The first kappa shape index (κ1) is 11.6. The standard InChI is InChI=1S/C15H24O2/c1-3-13(16)17-15-8-11-5-12(9-15)7-14(4-2,6-11)10-15/h11-12H,3-10H2,1-2H3. The zero-order chi connectivity index (χ0) is 12.1. The summed E-state index contributed by atoms with van der Waals surface area (Å²) in [4.78, 5) is 11.7. The third kappa shape index (κ3) is 1.80. The van der Waals surface area contributed by atoms with Gasteiger partial charge in [0.05, 0.1) is 0 Å². The number of ether oxygens (including phenoxy) is 1. The number of carbonyl (C=O) groups is 1. The molecule has 96 valence electrons. The van der Waals surface area contributed by atoms with Gasteiger partial charge in [-0.2, -0.15) is 0 Å². The van der Waals surface area contributed by atoms with Gasteiger partial charge in [-0.05, 0) is 55.8 Å².